The SMILES string of the molecule is CCOc1cc(F)ccc1NC(=O)C1(N)CCOCC1. The summed E-state index contributed by atoms with van der Waals surface area (Å²) >= 11 is 0. The Morgan fingerprint density at radius 1 is 1.50 bits per heavy atom. The van der Waals surface area contributed by atoms with Crippen LogP contribution in [0, 0.1) is 5.82 Å². The smallest absolute Gasteiger partial charge is 0.244 e. The number of amides is 1. The third-order valence-electron chi connectivity index (χ3n) is 3.33. The minimum atomic E-state index is -0.948. The molecule has 110 valence electrons. The Bertz CT molecular complexity index is 487. The predicted octanol–water partition coefficient (Wildman–Crippen LogP) is 1.67. The van der Waals surface area contributed by atoms with E-state index in [0.717, 1.165) is 0 Å². The summed E-state index contributed by atoms with van der Waals surface area (Å²) in [4.78, 5) is 12.3. The molecule has 0 atom stereocenters. The Morgan fingerprint density at radius 2 is 2.20 bits per heavy atom. The van der Waals surface area contributed by atoms with Crippen LogP contribution in [-0.4, -0.2) is 31.3 Å². The molecule has 1 amide bonds. The van der Waals surface area contributed by atoms with Crippen molar-refractivity contribution < 1.29 is 18.7 Å². The van der Waals surface area contributed by atoms with E-state index in [0.29, 0.717) is 44.1 Å². The van der Waals surface area contributed by atoms with Crippen LogP contribution in [0.25, 0.3) is 0 Å². The van der Waals surface area contributed by atoms with E-state index in [1.54, 1.807) is 6.92 Å². The van der Waals surface area contributed by atoms with Crippen molar-refractivity contribution in [2.75, 3.05) is 25.1 Å². The van der Waals surface area contributed by atoms with Gasteiger partial charge in [-0.05, 0) is 31.9 Å². The Hall–Kier alpha value is -1.66. The second kappa shape index (κ2) is 6.19. The summed E-state index contributed by atoms with van der Waals surface area (Å²) in [6, 6.07) is 3.98. The van der Waals surface area contributed by atoms with E-state index in [2.05, 4.69) is 5.32 Å². The van der Waals surface area contributed by atoms with Crippen LogP contribution in [0.5, 0.6) is 5.75 Å². The summed E-state index contributed by atoms with van der Waals surface area (Å²) < 4.78 is 23.7. The summed E-state index contributed by atoms with van der Waals surface area (Å²) in [5.41, 5.74) is 5.57. The molecule has 0 aromatic heterocycles. The molecule has 0 unspecified atom stereocenters. The average molecular weight is 282 g/mol. The number of rotatable bonds is 4. The molecule has 2 rings (SSSR count). The van der Waals surface area contributed by atoms with Crippen LogP contribution in [0.2, 0.25) is 0 Å². The standard InChI is InChI=1S/C14H19FN2O3/c1-2-20-12-9-10(15)3-4-11(12)17-13(18)14(16)5-7-19-8-6-14/h3-4,9H,2,5-8,16H2,1H3,(H,17,18). The summed E-state index contributed by atoms with van der Waals surface area (Å²) in [6.07, 6.45) is 0.925. The molecular formula is C14H19FN2O3. The van der Waals surface area contributed by atoms with Crippen LogP contribution in [0.3, 0.4) is 0 Å². The van der Waals surface area contributed by atoms with E-state index in [4.69, 9.17) is 15.2 Å². The number of halogens is 1. The van der Waals surface area contributed by atoms with E-state index >= 15 is 0 Å². The minimum absolute atomic E-state index is 0.298. The molecule has 0 bridgehead atoms. The number of hydrogen-bond donors (Lipinski definition) is 2. The van der Waals surface area contributed by atoms with Gasteiger partial charge < -0.3 is 20.5 Å². The number of benzene rings is 1. The zero-order valence-corrected chi connectivity index (χ0v) is 11.4. The van der Waals surface area contributed by atoms with Gasteiger partial charge in [-0.2, -0.15) is 0 Å². The van der Waals surface area contributed by atoms with Crippen molar-refractivity contribution in [3.05, 3.63) is 24.0 Å². The molecule has 5 nitrogen and oxygen atoms in total. The quantitative estimate of drug-likeness (QED) is 0.881. The fourth-order valence-corrected chi connectivity index (χ4v) is 2.08. The van der Waals surface area contributed by atoms with E-state index in [1.165, 1.54) is 18.2 Å². The lowest BCUT2D eigenvalue weighted by molar-refractivity contribution is -0.124. The maximum Gasteiger partial charge on any atom is 0.244 e. The van der Waals surface area contributed by atoms with Crippen molar-refractivity contribution in [2.24, 2.45) is 5.73 Å². The van der Waals surface area contributed by atoms with Crippen LogP contribution in [-0.2, 0) is 9.53 Å². The van der Waals surface area contributed by atoms with Gasteiger partial charge in [-0.3, -0.25) is 4.79 Å². The highest BCUT2D eigenvalue weighted by Gasteiger charge is 2.36. The summed E-state index contributed by atoms with van der Waals surface area (Å²) in [7, 11) is 0. The molecule has 0 aliphatic carbocycles. The Balaban J connectivity index is 2.14. The van der Waals surface area contributed by atoms with Crippen molar-refractivity contribution in [3.63, 3.8) is 0 Å². The van der Waals surface area contributed by atoms with Gasteiger partial charge in [0.05, 0.1) is 12.3 Å². The fourth-order valence-electron chi connectivity index (χ4n) is 2.08. The monoisotopic (exact) mass is 282 g/mol. The van der Waals surface area contributed by atoms with Gasteiger partial charge in [-0.25, -0.2) is 4.39 Å². The number of anilines is 1. The van der Waals surface area contributed by atoms with Crippen LogP contribution in [0.1, 0.15) is 19.8 Å². The second-order valence-corrected chi connectivity index (χ2v) is 4.80. The second-order valence-electron chi connectivity index (χ2n) is 4.80. The average Bonchev–Trinajstić information content (AvgIpc) is 2.43. The van der Waals surface area contributed by atoms with Gasteiger partial charge in [0.2, 0.25) is 5.91 Å². The summed E-state index contributed by atoms with van der Waals surface area (Å²) in [5, 5.41) is 2.72. The van der Waals surface area contributed by atoms with Crippen LogP contribution < -0.4 is 15.8 Å². The lowest BCUT2D eigenvalue weighted by atomic mass is 9.90. The largest absolute Gasteiger partial charge is 0.492 e. The van der Waals surface area contributed by atoms with Crippen LogP contribution in [0.4, 0.5) is 10.1 Å². The first kappa shape index (κ1) is 14.7. The Morgan fingerprint density at radius 3 is 2.85 bits per heavy atom. The lowest BCUT2D eigenvalue weighted by Gasteiger charge is -2.31. The fraction of sp³-hybridized carbons (Fsp3) is 0.500. The van der Waals surface area contributed by atoms with Gasteiger partial charge in [0.15, 0.2) is 0 Å². The van der Waals surface area contributed by atoms with Gasteiger partial charge in [0.1, 0.15) is 17.1 Å². The van der Waals surface area contributed by atoms with Gasteiger partial charge in [-0.15, -0.1) is 0 Å². The highest BCUT2D eigenvalue weighted by Crippen LogP contribution is 2.27. The number of nitrogens with one attached hydrogen (secondary N) is 1. The maximum atomic E-state index is 13.2. The number of carbonyl (C=O) groups excluding carboxylic acids is 1. The van der Waals surface area contributed by atoms with E-state index in [9.17, 15) is 9.18 Å². The van der Waals surface area contributed by atoms with E-state index in [1.807, 2.05) is 0 Å². The van der Waals surface area contributed by atoms with E-state index in [-0.39, 0.29) is 5.91 Å². The molecular weight excluding hydrogens is 263 g/mol. The summed E-state index contributed by atoms with van der Waals surface area (Å²) in [6.45, 7) is 3.10. The van der Waals surface area contributed by atoms with Gasteiger partial charge in [0.25, 0.3) is 0 Å². The first-order valence-electron chi connectivity index (χ1n) is 6.65. The molecule has 1 saturated heterocycles. The molecule has 0 spiro atoms. The predicted molar refractivity (Wildman–Crippen MR) is 73.2 cm³/mol. The Kier molecular flexibility index (Phi) is 4.57. The highest BCUT2D eigenvalue weighted by molar-refractivity contribution is 5.99. The topological polar surface area (TPSA) is 73.6 Å². The van der Waals surface area contributed by atoms with Gasteiger partial charge >= 0.3 is 0 Å². The molecule has 0 saturated carbocycles. The number of carbonyl (C=O) groups is 1. The Labute approximate surface area is 117 Å². The van der Waals surface area contributed by atoms with Crippen molar-refractivity contribution in [3.8, 4) is 5.75 Å². The summed E-state index contributed by atoms with van der Waals surface area (Å²) in [5.74, 6) is -0.412. The zero-order chi connectivity index (χ0) is 14.6. The molecule has 1 aromatic carbocycles. The molecule has 1 heterocycles. The van der Waals surface area contributed by atoms with Crippen molar-refractivity contribution in [1.82, 2.24) is 0 Å². The normalized spacial score (nSPS) is 17.6. The molecule has 1 aliphatic heterocycles. The third-order valence-corrected chi connectivity index (χ3v) is 3.33. The van der Waals surface area contributed by atoms with Gasteiger partial charge in [-0.1, -0.05) is 0 Å². The minimum Gasteiger partial charge on any atom is -0.492 e. The van der Waals surface area contributed by atoms with Gasteiger partial charge in [0, 0.05) is 19.3 Å². The molecule has 1 fully saturated rings. The number of hydrogen-bond acceptors (Lipinski definition) is 4. The molecule has 20 heavy (non-hydrogen) atoms. The first-order chi connectivity index (χ1) is 9.55. The number of ether oxygens (including phenoxy) is 2. The third kappa shape index (κ3) is 3.26. The molecule has 6 heteroatoms. The van der Waals surface area contributed by atoms with E-state index < -0.39 is 11.4 Å². The number of nitrogens with two attached hydrogens (primary N) is 1. The van der Waals surface area contributed by atoms with Crippen LogP contribution in [0.15, 0.2) is 18.2 Å². The van der Waals surface area contributed by atoms with Crippen molar-refractivity contribution >= 4 is 11.6 Å². The highest BCUT2D eigenvalue weighted by atomic mass is 19.1. The molecule has 3 N–H and O–H groups in total. The first-order valence-corrected chi connectivity index (χ1v) is 6.65. The van der Waals surface area contributed by atoms with Crippen LogP contribution >= 0.6 is 0 Å². The molecule has 0 radical (unpaired) electrons. The molecule has 1 aromatic rings. The maximum absolute atomic E-state index is 13.2. The molecule has 1 aliphatic rings. The zero-order valence-electron chi connectivity index (χ0n) is 11.4. The lowest BCUT2D eigenvalue weighted by Crippen LogP contribution is -2.54. The van der Waals surface area contributed by atoms with Crippen molar-refractivity contribution in [1.29, 1.82) is 0 Å². The van der Waals surface area contributed by atoms with Crippen molar-refractivity contribution in [2.45, 2.75) is 25.3 Å².